The molecule has 2 rings (SSSR count). The minimum atomic E-state index is -0.406. The number of nitro groups is 1. The third-order valence-corrected chi connectivity index (χ3v) is 3.51. The summed E-state index contributed by atoms with van der Waals surface area (Å²) in [4.78, 5) is 15.0. The van der Waals surface area contributed by atoms with Crippen LogP contribution in [-0.4, -0.2) is 61.1 Å². The molecule has 1 heterocycles. The fraction of sp³-hybridized carbons (Fsp3) is 0.571. The summed E-state index contributed by atoms with van der Waals surface area (Å²) in [6.45, 7) is 6.05. The second-order valence-corrected chi connectivity index (χ2v) is 5.10. The predicted molar refractivity (Wildman–Crippen MR) is 77.1 cm³/mol. The summed E-state index contributed by atoms with van der Waals surface area (Å²) in [7, 11) is 2.14. The number of ether oxygens (including phenoxy) is 1. The Bertz CT molecular complexity index is 445. The van der Waals surface area contributed by atoms with Crippen LogP contribution in [0.3, 0.4) is 0 Å². The molecule has 0 spiro atoms. The molecule has 1 saturated heterocycles. The lowest BCUT2D eigenvalue weighted by Gasteiger charge is -2.32. The highest BCUT2D eigenvalue weighted by atomic mass is 16.6. The molecule has 110 valence electrons. The van der Waals surface area contributed by atoms with Gasteiger partial charge in [-0.2, -0.15) is 0 Å². The summed E-state index contributed by atoms with van der Waals surface area (Å²) < 4.78 is 5.57. The highest BCUT2D eigenvalue weighted by Gasteiger charge is 2.13. The molecule has 1 aliphatic rings. The maximum atomic E-state index is 10.7. The van der Waals surface area contributed by atoms with Crippen molar-refractivity contribution in [1.29, 1.82) is 0 Å². The van der Waals surface area contributed by atoms with Crippen LogP contribution in [0.15, 0.2) is 24.3 Å². The summed E-state index contributed by atoms with van der Waals surface area (Å²) in [5.74, 6) is 0.567. The summed E-state index contributed by atoms with van der Waals surface area (Å²) >= 11 is 0. The van der Waals surface area contributed by atoms with E-state index in [1.165, 1.54) is 12.1 Å². The maximum absolute atomic E-state index is 10.7. The number of nitro benzene ring substituents is 1. The van der Waals surface area contributed by atoms with Gasteiger partial charge in [0.25, 0.3) is 5.69 Å². The molecule has 1 aromatic rings. The molecule has 0 radical (unpaired) electrons. The Morgan fingerprint density at radius 3 is 2.75 bits per heavy atom. The Balaban J connectivity index is 1.68. The molecule has 0 bridgehead atoms. The van der Waals surface area contributed by atoms with Crippen molar-refractivity contribution in [3.8, 4) is 5.75 Å². The fourth-order valence-electron chi connectivity index (χ4n) is 2.24. The molecule has 20 heavy (non-hydrogen) atoms. The van der Waals surface area contributed by atoms with E-state index in [0.29, 0.717) is 12.4 Å². The first-order chi connectivity index (χ1) is 9.65. The minimum absolute atomic E-state index is 0.0709. The van der Waals surface area contributed by atoms with E-state index in [1.54, 1.807) is 12.1 Å². The van der Waals surface area contributed by atoms with Crippen LogP contribution in [0.25, 0.3) is 0 Å². The van der Waals surface area contributed by atoms with Gasteiger partial charge in [-0.3, -0.25) is 10.1 Å². The number of piperazine rings is 1. The van der Waals surface area contributed by atoms with E-state index in [-0.39, 0.29) is 5.69 Å². The maximum Gasteiger partial charge on any atom is 0.273 e. The number of nitrogens with zero attached hydrogens (tertiary/aromatic N) is 3. The zero-order chi connectivity index (χ0) is 14.4. The summed E-state index contributed by atoms with van der Waals surface area (Å²) in [5.41, 5.74) is 0.0709. The highest BCUT2D eigenvalue weighted by molar-refractivity contribution is 5.37. The first kappa shape index (κ1) is 14.7. The van der Waals surface area contributed by atoms with Crippen molar-refractivity contribution in [2.24, 2.45) is 0 Å². The Hall–Kier alpha value is -1.66. The fourth-order valence-corrected chi connectivity index (χ4v) is 2.24. The molecule has 1 aromatic carbocycles. The number of hydrogen-bond donors (Lipinski definition) is 0. The van der Waals surface area contributed by atoms with Gasteiger partial charge in [0.15, 0.2) is 0 Å². The van der Waals surface area contributed by atoms with E-state index in [1.807, 2.05) is 0 Å². The van der Waals surface area contributed by atoms with Crippen LogP contribution in [0.4, 0.5) is 5.69 Å². The first-order valence-corrected chi connectivity index (χ1v) is 6.93. The lowest BCUT2D eigenvalue weighted by Crippen LogP contribution is -2.44. The van der Waals surface area contributed by atoms with Crippen LogP contribution < -0.4 is 4.74 Å². The Labute approximate surface area is 119 Å². The molecule has 0 atom stereocenters. The number of hydrogen-bond acceptors (Lipinski definition) is 5. The summed E-state index contributed by atoms with van der Waals surface area (Å²) in [6, 6.07) is 6.34. The quantitative estimate of drug-likeness (QED) is 0.450. The van der Waals surface area contributed by atoms with Crippen LogP contribution in [0.5, 0.6) is 5.75 Å². The second-order valence-electron chi connectivity index (χ2n) is 5.10. The third-order valence-electron chi connectivity index (χ3n) is 3.51. The van der Waals surface area contributed by atoms with Crippen LogP contribution >= 0.6 is 0 Å². The van der Waals surface area contributed by atoms with Crippen molar-refractivity contribution >= 4 is 5.69 Å². The van der Waals surface area contributed by atoms with Gasteiger partial charge in [0.1, 0.15) is 5.75 Å². The zero-order valence-electron chi connectivity index (χ0n) is 11.8. The molecule has 0 unspecified atom stereocenters. The molecule has 0 amide bonds. The smallest absolute Gasteiger partial charge is 0.273 e. The molecule has 0 aromatic heterocycles. The van der Waals surface area contributed by atoms with Crippen molar-refractivity contribution in [3.63, 3.8) is 0 Å². The Kier molecular flexibility index (Phi) is 5.31. The molecule has 1 fully saturated rings. The Morgan fingerprint density at radius 2 is 2.05 bits per heavy atom. The summed E-state index contributed by atoms with van der Waals surface area (Å²) in [5, 5.41) is 10.7. The van der Waals surface area contributed by atoms with Gasteiger partial charge in [-0.25, -0.2) is 0 Å². The molecule has 0 N–H and O–H groups in total. The van der Waals surface area contributed by atoms with Gasteiger partial charge in [-0.15, -0.1) is 0 Å². The molecule has 6 heteroatoms. The van der Waals surface area contributed by atoms with Gasteiger partial charge < -0.3 is 14.5 Å². The number of rotatable bonds is 6. The normalized spacial score (nSPS) is 17.1. The lowest BCUT2D eigenvalue weighted by atomic mass is 10.3. The monoisotopic (exact) mass is 279 g/mol. The molecular formula is C14H21N3O3. The number of benzene rings is 1. The highest BCUT2D eigenvalue weighted by Crippen LogP contribution is 2.19. The molecule has 0 saturated carbocycles. The van der Waals surface area contributed by atoms with E-state index in [9.17, 15) is 10.1 Å². The van der Waals surface area contributed by atoms with E-state index in [2.05, 4.69) is 16.8 Å². The lowest BCUT2D eigenvalue weighted by molar-refractivity contribution is -0.384. The van der Waals surface area contributed by atoms with E-state index in [0.717, 1.165) is 39.1 Å². The largest absolute Gasteiger partial charge is 0.493 e. The van der Waals surface area contributed by atoms with Gasteiger partial charge in [0, 0.05) is 38.8 Å². The van der Waals surface area contributed by atoms with Gasteiger partial charge in [0.2, 0.25) is 0 Å². The topological polar surface area (TPSA) is 58.8 Å². The minimum Gasteiger partial charge on any atom is -0.493 e. The van der Waals surface area contributed by atoms with Crippen LogP contribution in [0, 0.1) is 10.1 Å². The van der Waals surface area contributed by atoms with Crippen LogP contribution in [-0.2, 0) is 0 Å². The standard InChI is InChI=1S/C14H21N3O3/c1-15-7-9-16(10-8-15)6-3-11-20-14-5-2-4-13(12-14)17(18)19/h2,4-5,12H,3,6-11H2,1H3. The predicted octanol–water partition coefficient (Wildman–Crippen LogP) is 1.61. The first-order valence-electron chi connectivity index (χ1n) is 6.93. The van der Waals surface area contributed by atoms with Crippen molar-refractivity contribution in [1.82, 2.24) is 9.80 Å². The van der Waals surface area contributed by atoms with Crippen molar-refractivity contribution in [3.05, 3.63) is 34.4 Å². The third kappa shape index (κ3) is 4.47. The van der Waals surface area contributed by atoms with Crippen molar-refractivity contribution < 1.29 is 9.66 Å². The molecule has 0 aliphatic carbocycles. The SMILES string of the molecule is CN1CCN(CCCOc2cccc([N+](=O)[O-])c2)CC1. The van der Waals surface area contributed by atoms with Crippen LogP contribution in [0.1, 0.15) is 6.42 Å². The van der Waals surface area contributed by atoms with E-state index in [4.69, 9.17) is 4.74 Å². The van der Waals surface area contributed by atoms with Gasteiger partial charge in [-0.05, 0) is 19.5 Å². The van der Waals surface area contributed by atoms with Crippen LogP contribution in [0.2, 0.25) is 0 Å². The second kappa shape index (κ2) is 7.21. The van der Waals surface area contributed by atoms with Crippen molar-refractivity contribution in [2.45, 2.75) is 6.42 Å². The van der Waals surface area contributed by atoms with Gasteiger partial charge in [-0.1, -0.05) is 6.07 Å². The average molecular weight is 279 g/mol. The number of non-ortho nitro benzene ring substituents is 1. The average Bonchev–Trinajstić information content (AvgIpc) is 2.46. The Morgan fingerprint density at radius 1 is 1.30 bits per heavy atom. The molecule has 1 aliphatic heterocycles. The molecular weight excluding hydrogens is 258 g/mol. The zero-order valence-corrected chi connectivity index (χ0v) is 11.8. The van der Waals surface area contributed by atoms with Crippen molar-refractivity contribution in [2.75, 3.05) is 46.4 Å². The van der Waals surface area contributed by atoms with Gasteiger partial charge >= 0.3 is 0 Å². The van der Waals surface area contributed by atoms with Gasteiger partial charge in [0.05, 0.1) is 17.6 Å². The number of likely N-dealkylation sites (N-methyl/N-ethyl adjacent to an activating group) is 1. The van der Waals surface area contributed by atoms with E-state index < -0.39 is 4.92 Å². The molecule has 6 nitrogen and oxygen atoms in total. The van der Waals surface area contributed by atoms with E-state index >= 15 is 0 Å². The summed E-state index contributed by atoms with van der Waals surface area (Å²) in [6.07, 6.45) is 0.937.